The number of furan rings is 1. The topological polar surface area (TPSA) is 84.4 Å². The molecule has 0 bridgehead atoms. The molecular formula is C23H28N4O3S. The molecule has 1 aliphatic heterocycles. The predicted molar refractivity (Wildman–Crippen MR) is 120 cm³/mol. The Labute approximate surface area is 186 Å². The monoisotopic (exact) mass is 440 g/mol. The zero-order valence-electron chi connectivity index (χ0n) is 17.5. The number of carbonyl (C=O) groups is 1. The summed E-state index contributed by atoms with van der Waals surface area (Å²) in [4.78, 5) is 19.2. The van der Waals surface area contributed by atoms with Gasteiger partial charge in [-0.3, -0.25) is 9.69 Å². The molecule has 7 nitrogen and oxygen atoms in total. The van der Waals surface area contributed by atoms with E-state index in [1.165, 1.54) is 0 Å². The lowest BCUT2D eigenvalue weighted by Gasteiger charge is -2.30. The smallest absolute Gasteiger partial charge is 0.241 e. The first-order chi connectivity index (χ1) is 15.3. The minimum absolute atomic E-state index is 0.0922. The molecule has 2 aromatic heterocycles. The van der Waals surface area contributed by atoms with Gasteiger partial charge in [-0.25, -0.2) is 0 Å². The molecule has 8 heteroatoms. The second-order valence-corrected chi connectivity index (χ2v) is 8.81. The number of thioether (sulfide) groups is 1. The van der Waals surface area contributed by atoms with Crippen LogP contribution >= 0.6 is 11.8 Å². The molecule has 1 aromatic carbocycles. The third-order valence-corrected chi connectivity index (χ3v) is 6.47. The molecule has 0 aliphatic carbocycles. The molecule has 0 atom stereocenters. The van der Waals surface area contributed by atoms with Gasteiger partial charge >= 0.3 is 0 Å². The lowest BCUT2D eigenvalue weighted by molar-refractivity contribution is -0.126. The van der Waals surface area contributed by atoms with E-state index in [4.69, 9.17) is 8.94 Å². The van der Waals surface area contributed by atoms with Gasteiger partial charge in [-0.1, -0.05) is 35.5 Å². The predicted octanol–water partition coefficient (Wildman–Crippen LogP) is 3.98. The Hall–Kier alpha value is -2.58. The Morgan fingerprint density at radius 3 is 2.77 bits per heavy atom. The molecule has 1 amide bonds. The van der Waals surface area contributed by atoms with Crippen LogP contribution in [0, 0.1) is 5.92 Å². The molecule has 164 valence electrons. The SMILES string of the molecule is O=C(NCCCSCc1ccco1)C1CCN(Cc2nc(-c3ccccc3)no2)CC1. The summed E-state index contributed by atoms with van der Waals surface area (Å²) in [5, 5.41) is 7.18. The number of carbonyl (C=O) groups excluding carboxylic acids is 1. The maximum Gasteiger partial charge on any atom is 0.241 e. The fraction of sp³-hybridized carbons (Fsp3) is 0.435. The first-order valence-corrected chi connectivity index (χ1v) is 11.9. The van der Waals surface area contributed by atoms with Gasteiger partial charge in [0.1, 0.15) is 5.76 Å². The second kappa shape index (κ2) is 11.2. The number of benzene rings is 1. The molecule has 4 rings (SSSR count). The van der Waals surface area contributed by atoms with Crippen molar-refractivity contribution in [1.29, 1.82) is 0 Å². The molecule has 0 radical (unpaired) electrons. The fourth-order valence-corrected chi connectivity index (χ4v) is 4.52. The van der Waals surface area contributed by atoms with Crippen molar-refractivity contribution in [3.05, 3.63) is 60.4 Å². The van der Waals surface area contributed by atoms with Crippen LogP contribution in [0.2, 0.25) is 0 Å². The van der Waals surface area contributed by atoms with Crippen LogP contribution in [0.5, 0.6) is 0 Å². The van der Waals surface area contributed by atoms with E-state index < -0.39 is 0 Å². The highest BCUT2D eigenvalue weighted by molar-refractivity contribution is 7.98. The number of nitrogens with one attached hydrogen (secondary N) is 1. The van der Waals surface area contributed by atoms with Crippen LogP contribution < -0.4 is 5.32 Å². The highest BCUT2D eigenvalue weighted by Gasteiger charge is 2.25. The van der Waals surface area contributed by atoms with Crippen LogP contribution in [0.25, 0.3) is 11.4 Å². The van der Waals surface area contributed by atoms with Crippen LogP contribution in [0.4, 0.5) is 0 Å². The van der Waals surface area contributed by atoms with E-state index in [0.29, 0.717) is 18.3 Å². The van der Waals surface area contributed by atoms with Crippen LogP contribution in [-0.2, 0) is 17.1 Å². The van der Waals surface area contributed by atoms with Gasteiger partial charge in [0.2, 0.25) is 17.6 Å². The molecule has 3 aromatic rings. The number of rotatable bonds is 10. The third kappa shape index (κ3) is 6.45. The van der Waals surface area contributed by atoms with E-state index in [9.17, 15) is 4.79 Å². The van der Waals surface area contributed by atoms with Gasteiger partial charge in [0.05, 0.1) is 18.6 Å². The van der Waals surface area contributed by atoms with Gasteiger partial charge in [-0.15, -0.1) is 0 Å². The quantitative estimate of drug-likeness (QED) is 0.477. The maximum atomic E-state index is 12.5. The summed E-state index contributed by atoms with van der Waals surface area (Å²) >= 11 is 1.83. The zero-order valence-corrected chi connectivity index (χ0v) is 18.4. The van der Waals surface area contributed by atoms with Gasteiger partial charge in [0, 0.05) is 18.0 Å². The number of amides is 1. The molecule has 0 spiro atoms. The van der Waals surface area contributed by atoms with Crippen molar-refractivity contribution in [2.75, 3.05) is 25.4 Å². The number of likely N-dealkylation sites (tertiary alicyclic amines) is 1. The lowest BCUT2D eigenvalue weighted by atomic mass is 9.96. The first-order valence-electron chi connectivity index (χ1n) is 10.8. The molecule has 1 fully saturated rings. The van der Waals surface area contributed by atoms with Gasteiger partial charge < -0.3 is 14.3 Å². The summed E-state index contributed by atoms with van der Waals surface area (Å²) in [6.45, 7) is 3.08. The minimum Gasteiger partial charge on any atom is -0.468 e. The van der Waals surface area contributed by atoms with Crippen LogP contribution in [0.3, 0.4) is 0 Å². The van der Waals surface area contributed by atoms with E-state index in [-0.39, 0.29) is 11.8 Å². The van der Waals surface area contributed by atoms with E-state index in [1.807, 2.05) is 54.2 Å². The Morgan fingerprint density at radius 2 is 2.00 bits per heavy atom. The van der Waals surface area contributed by atoms with Crippen LogP contribution in [0.15, 0.2) is 57.7 Å². The summed E-state index contributed by atoms with van der Waals surface area (Å²) in [5.41, 5.74) is 0.951. The van der Waals surface area contributed by atoms with Crippen molar-refractivity contribution in [2.45, 2.75) is 31.6 Å². The lowest BCUT2D eigenvalue weighted by Crippen LogP contribution is -2.40. The molecule has 0 saturated carbocycles. The fourth-order valence-electron chi connectivity index (χ4n) is 3.67. The van der Waals surface area contributed by atoms with Crippen molar-refractivity contribution in [2.24, 2.45) is 5.92 Å². The van der Waals surface area contributed by atoms with E-state index >= 15 is 0 Å². The number of hydrogen-bond donors (Lipinski definition) is 1. The summed E-state index contributed by atoms with van der Waals surface area (Å²) in [6, 6.07) is 13.7. The number of nitrogens with zero attached hydrogens (tertiary/aromatic N) is 3. The maximum absolute atomic E-state index is 12.5. The molecule has 0 unspecified atom stereocenters. The van der Waals surface area contributed by atoms with Crippen molar-refractivity contribution in [1.82, 2.24) is 20.4 Å². The van der Waals surface area contributed by atoms with Gasteiger partial charge in [0.15, 0.2) is 0 Å². The molecular weight excluding hydrogens is 412 g/mol. The molecule has 1 N–H and O–H groups in total. The second-order valence-electron chi connectivity index (χ2n) is 7.70. The summed E-state index contributed by atoms with van der Waals surface area (Å²) in [5.74, 6) is 4.40. The van der Waals surface area contributed by atoms with Crippen LogP contribution in [0.1, 0.15) is 30.9 Å². The average Bonchev–Trinajstić information content (AvgIpc) is 3.49. The molecule has 1 saturated heterocycles. The van der Waals surface area contributed by atoms with Gasteiger partial charge in [-0.2, -0.15) is 16.7 Å². The number of hydrogen-bond acceptors (Lipinski definition) is 7. The first kappa shape index (κ1) is 21.6. The minimum atomic E-state index is 0.0922. The average molecular weight is 441 g/mol. The molecule has 3 heterocycles. The van der Waals surface area contributed by atoms with Crippen molar-refractivity contribution >= 4 is 17.7 Å². The van der Waals surface area contributed by atoms with E-state index in [1.54, 1.807) is 6.26 Å². The molecule has 31 heavy (non-hydrogen) atoms. The van der Waals surface area contributed by atoms with Crippen molar-refractivity contribution in [3.63, 3.8) is 0 Å². The highest BCUT2D eigenvalue weighted by Crippen LogP contribution is 2.20. The summed E-state index contributed by atoms with van der Waals surface area (Å²) in [7, 11) is 0. The van der Waals surface area contributed by atoms with Crippen molar-refractivity contribution in [3.8, 4) is 11.4 Å². The zero-order chi connectivity index (χ0) is 21.3. The highest BCUT2D eigenvalue weighted by atomic mass is 32.2. The summed E-state index contributed by atoms with van der Waals surface area (Å²) in [6.07, 6.45) is 4.39. The standard InChI is InChI=1S/C23H28N4O3S/c28-23(24-11-5-15-31-17-20-8-4-14-29-20)19-9-12-27(13-10-19)16-21-25-22(26-30-21)18-6-2-1-3-7-18/h1-4,6-8,14,19H,5,9-13,15-17H2,(H,24,28). The van der Waals surface area contributed by atoms with Crippen LogP contribution in [-0.4, -0.2) is 46.3 Å². The number of piperidine rings is 1. The number of aromatic nitrogens is 2. The Bertz CT molecular complexity index is 921. The summed E-state index contributed by atoms with van der Waals surface area (Å²) < 4.78 is 10.7. The Morgan fingerprint density at radius 1 is 1.16 bits per heavy atom. The van der Waals surface area contributed by atoms with E-state index in [2.05, 4.69) is 20.4 Å². The third-order valence-electron chi connectivity index (χ3n) is 5.41. The van der Waals surface area contributed by atoms with Gasteiger partial charge in [0.25, 0.3) is 0 Å². The van der Waals surface area contributed by atoms with Crippen molar-refractivity contribution < 1.29 is 13.7 Å². The Balaban J connectivity index is 1.11. The largest absolute Gasteiger partial charge is 0.468 e. The van der Waals surface area contributed by atoms with Gasteiger partial charge in [-0.05, 0) is 50.2 Å². The Kier molecular flexibility index (Phi) is 7.79. The molecule has 1 aliphatic rings. The van der Waals surface area contributed by atoms with E-state index in [0.717, 1.165) is 61.7 Å². The normalized spacial score (nSPS) is 15.2.